The number of hydrogen-bond acceptors (Lipinski definition) is 4. The molecule has 0 radical (unpaired) electrons. The van der Waals surface area contributed by atoms with Crippen LogP contribution in [0.2, 0.25) is 0 Å². The van der Waals surface area contributed by atoms with Crippen molar-refractivity contribution in [2.24, 2.45) is 5.92 Å². The molecule has 0 amide bonds. The molecule has 3 rings (SSSR count). The Kier molecular flexibility index (Phi) is 3.12. The second-order valence-electron chi connectivity index (χ2n) is 5.36. The Labute approximate surface area is 107 Å². The zero-order valence-electron chi connectivity index (χ0n) is 10.5. The minimum Gasteiger partial charge on any atom is -0.375 e. The summed E-state index contributed by atoms with van der Waals surface area (Å²) in [5.41, 5.74) is -0.0205. The molecule has 1 aromatic heterocycles. The summed E-state index contributed by atoms with van der Waals surface area (Å²) >= 11 is 0. The Hall–Kier alpha value is -1.29. The number of rotatable bonds is 2. The van der Waals surface area contributed by atoms with E-state index in [0.29, 0.717) is 12.4 Å². The molecular weight excluding hydrogens is 228 g/mol. The number of ketones is 1. The Morgan fingerprint density at radius 3 is 2.72 bits per heavy atom. The number of ether oxygens (including phenoxy) is 1. The smallest absolute Gasteiger partial charge is 0.203 e. The maximum Gasteiger partial charge on any atom is 0.203 e. The minimum absolute atomic E-state index is 0.0205. The zero-order valence-corrected chi connectivity index (χ0v) is 10.5. The van der Waals surface area contributed by atoms with Crippen molar-refractivity contribution in [1.29, 1.82) is 0 Å². The molecule has 0 bridgehead atoms. The number of hydrogen-bond donors (Lipinski definition) is 0. The van der Waals surface area contributed by atoms with Gasteiger partial charge in [0, 0.05) is 24.9 Å². The van der Waals surface area contributed by atoms with Gasteiger partial charge in [-0.1, -0.05) is 12.8 Å². The summed E-state index contributed by atoms with van der Waals surface area (Å²) in [5, 5.41) is 0. The predicted molar refractivity (Wildman–Crippen MR) is 66.2 cm³/mol. The first-order valence-electron chi connectivity index (χ1n) is 6.74. The first kappa shape index (κ1) is 11.8. The standard InChI is InChI=1S/C14H18N2O2/c17-12(13-15-7-3-8-16-13)11-4-9-18-14(10-11)5-1-2-6-14/h3,7-8,11H,1-2,4-6,9-10H2. The maximum absolute atomic E-state index is 12.4. The van der Waals surface area contributed by atoms with E-state index in [2.05, 4.69) is 9.97 Å². The lowest BCUT2D eigenvalue weighted by Gasteiger charge is -2.37. The summed E-state index contributed by atoms with van der Waals surface area (Å²) in [4.78, 5) is 20.5. The van der Waals surface area contributed by atoms with Crippen molar-refractivity contribution in [2.45, 2.75) is 44.1 Å². The molecule has 1 aromatic rings. The summed E-state index contributed by atoms with van der Waals surface area (Å²) in [6, 6.07) is 1.74. The van der Waals surface area contributed by atoms with Crippen LogP contribution in [0.1, 0.15) is 49.1 Å². The average Bonchev–Trinajstić information content (AvgIpc) is 2.87. The summed E-state index contributed by atoms with van der Waals surface area (Å²) in [7, 11) is 0. The molecule has 18 heavy (non-hydrogen) atoms. The topological polar surface area (TPSA) is 52.1 Å². The van der Waals surface area contributed by atoms with Gasteiger partial charge in [0.2, 0.25) is 5.78 Å². The third-order valence-electron chi connectivity index (χ3n) is 4.16. The van der Waals surface area contributed by atoms with E-state index in [-0.39, 0.29) is 17.3 Å². The van der Waals surface area contributed by atoms with Crippen molar-refractivity contribution in [3.05, 3.63) is 24.3 Å². The number of aromatic nitrogens is 2. The summed E-state index contributed by atoms with van der Waals surface area (Å²) in [6.45, 7) is 0.698. The van der Waals surface area contributed by atoms with Gasteiger partial charge in [-0.05, 0) is 31.7 Å². The minimum atomic E-state index is -0.0205. The number of Topliss-reactive ketones (excluding diaryl/α,β-unsaturated/α-hetero) is 1. The van der Waals surface area contributed by atoms with Crippen LogP contribution in [-0.2, 0) is 4.74 Å². The zero-order chi connectivity index (χ0) is 12.4. The van der Waals surface area contributed by atoms with Crippen LogP contribution in [0.15, 0.2) is 18.5 Å². The Balaban J connectivity index is 1.74. The van der Waals surface area contributed by atoms with Crippen LogP contribution in [0.3, 0.4) is 0 Å². The molecule has 4 heteroatoms. The molecule has 96 valence electrons. The Bertz CT molecular complexity index is 427. The van der Waals surface area contributed by atoms with E-state index in [1.165, 1.54) is 12.8 Å². The van der Waals surface area contributed by atoms with Gasteiger partial charge < -0.3 is 4.74 Å². The van der Waals surface area contributed by atoms with E-state index in [9.17, 15) is 4.79 Å². The van der Waals surface area contributed by atoms with E-state index >= 15 is 0 Å². The van der Waals surface area contributed by atoms with Gasteiger partial charge in [-0.25, -0.2) is 9.97 Å². The third-order valence-corrected chi connectivity index (χ3v) is 4.16. The lowest BCUT2D eigenvalue weighted by atomic mass is 9.82. The van der Waals surface area contributed by atoms with Gasteiger partial charge in [0.15, 0.2) is 5.82 Å². The molecule has 4 nitrogen and oxygen atoms in total. The molecule has 1 aliphatic heterocycles. The number of nitrogens with zero attached hydrogens (tertiary/aromatic N) is 2. The lowest BCUT2D eigenvalue weighted by Crippen LogP contribution is -2.40. The molecule has 1 atom stereocenters. The van der Waals surface area contributed by atoms with Gasteiger partial charge in [0.1, 0.15) is 0 Å². The SMILES string of the molecule is O=C(c1ncccn1)C1CCOC2(CCCC2)C1. The van der Waals surface area contributed by atoms with Crippen molar-refractivity contribution in [1.82, 2.24) is 9.97 Å². The second-order valence-corrected chi connectivity index (χ2v) is 5.36. The predicted octanol–water partition coefficient (Wildman–Crippen LogP) is 2.40. The van der Waals surface area contributed by atoms with Gasteiger partial charge in [-0.2, -0.15) is 0 Å². The Morgan fingerprint density at radius 2 is 2.00 bits per heavy atom. The summed E-state index contributed by atoms with van der Waals surface area (Å²) < 4.78 is 5.95. The van der Waals surface area contributed by atoms with Crippen LogP contribution in [0.4, 0.5) is 0 Å². The van der Waals surface area contributed by atoms with Crippen LogP contribution < -0.4 is 0 Å². The fourth-order valence-corrected chi connectivity index (χ4v) is 3.23. The van der Waals surface area contributed by atoms with E-state index in [1.54, 1.807) is 18.5 Å². The van der Waals surface area contributed by atoms with Gasteiger partial charge in [0.05, 0.1) is 5.60 Å². The normalized spacial score (nSPS) is 26.3. The highest BCUT2D eigenvalue weighted by Gasteiger charge is 2.42. The van der Waals surface area contributed by atoms with Crippen LogP contribution in [-0.4, -0.2) is 28.0 Å². The highest BCUT2D eigenvalue weighted by atomic mass is 16.5. The molecule has 0 N–H and O–H groups in total. The van der Waals surface area contributed by atoms with Crippen molar-refractivity contribution in [3.8, 4) is 0 Å². The van der Waals surface area contributed by atoms with Crippen molar-refractivity contribution < 1.29 is 9.53 Å². The van der Waals surface area contributed by atoms with Gasteiger partial charge in [0.25, 0.3) is 0 Å². The number of carbonyl (C=O) groups excluding carboxylic acids is 1. The largest absolute Gasteiger partial charge is 0.375 e. The van der Waals surface area contributed by atoms with E-state index in [0.717, 1.165) is 25.7 Å². The highest BCUT2D eigenvalue weighted by Crippen LogP contribution is 2.42. The Morgan fingerprint density at radius 1 is 1.28 bits per heavy atom. The molecule has 1 aliphatic carbocycles. The summed E-state index contributed by atoms with van der Waals surface area (Å²) in [5.74, 6) is 0.488. The summed E-state index contributed by atoms with van der Waals surface area (Å²) in [6.07, 6.45) is 9.57. The van der Waals surface area contributed by atoms with E-state index in [1.807, 2.05) is 0 Å². The van der Waals surface area contributed by atoms with Crippen molar-refractivity contribution in [2.75, 3.05) is 6.61 Å². The van der Waals surface area contributed by atoms with Gasteiger partial charge >= 0.3 is 0 Å². The highest BCUT2D eigenvalue weighted by molar-refractivity contribution is 5.94. The maximum atomic E-state index is 12.4. The molecule has 1 unspecified atom stereocenters. The molecule has 2 heterocycles. The first-order chi connectivity index (χ1) is 8.79. The second kappa shape index (κ2) is 4.76. The number of carbonyl (C=O) groups is 1. The quantitative estimate of drug-likeness (QED) is 0.752. The first-order valence-corrected chi connectivity index (χ1v) is 6.74. The van der Waals surface area contributed by atoms with Crippen molar-refractivity contribution in [3.63, 3.8) is 0 Å². The fourth-order valence-electron chi connectivity index (χ4n) is 3.23. The third kappa shape index (κ3) is 2.17. The molecule has 1 spiro atoms. The lowest BCUT2D eigenvalue weighted by molar-refractivity contribution is -0.0867. The van der Waals surface area contributed by atoms with E-state index in [4.69, 9.17) is 4.74 Å². The van der Waals surface area contributed by atoms with E-state index < -0.39 is 0 Å². The molecule has 1 saturated heterocycles. The van der Waals surface area contributed by atoms with Crippen LogP contribution in [0, 0.1) is 5.92 Å². The van der Waals surface area contributed by atoms with Gasteiger partial charge in [-0.3, -0.25) is 4.79 Å². The average molecular weight is 246 g/mol. The van der Waals surface area contributed by atoms with Gasteiger partial charge in [-0.15, -0.1) is 0 Å². The molecule has 1 saturated carbocycles. The van der Waals surface area contributed by atoms with Crippen molar-refractivity contribution >= 4 is 5.78 Å². The molecule has 2 aliphatic rings. The van der Waals surface area contributed by atoms with Crippen LogP contribution in [0.25, 0.3) is 0 Å². The molecular formula is C14H18N2O2. The van der Waals surface area contributed by atoms with Crippen LogP contribution in [0.5, 0.6) is 0 Å². The monoisotopic (exact) mass is 246 g/mol. The van der Waals surface area contributed by atoms with Crippen LogP contribution >= 0.6 is 0 Å². The fraction of sp³-hybridized carbons (Fsp3) is 0.643. The molecule has 0 aromatic carbocycles. The molecule has 2 fully saturated rings.